The fourth-order valence-electron chi connectivity index (χ4n) is 3.10. The summed E-state index contributed by atoms with van der Waals surface area (Å²) in [5.41, 5.74) is 2.41. The molecule has 0 spiro atoms. The Hall–Kier alpha value is -1.95. The number of hydrogen-bond donors (Lipinski definition) is 3. The molecular formula is C20H26N3OS+. The Labute approximate surface area is 155 Å². The minimum atomic E-state index is 0.0538. The van der Waals surface area contributed by atoms with Gasteiger partial charge in [0.2, 0.25) is 0 Å². The van der Waals surface area contributed by atoms with E-state index in [9.17, 15) is 0 Å². The van der Waals surface area contributed by atoms with Crippen molar-refractivity contribution in [2.75, 3.05) is 39.4 Å². The molecule has 25 heavy (non-hydrogen) atoms. The van der Waals surface area contributed by atoms with Gasteiger partial charge in [-0.2, -0.15) is 0 Å². The van der Waals surface area contributed by atoms with E-state index in [-0.39, 0.29) is 6.04 Å². The van der Waals surface area contributed by atoms with Crippen LogP contribution in [-0.2, 0) is 4.74 Å². The van der Waals surface area contributed by atoms with Crippen LogP contribution < -0.4 is 15.5 Å². The van der Waals surface area contributed by atoms with Crippen LogP contribution in [0.25, 0.3) is 0 Å². The Bertz CT molecular complexity index is 605. The quantitative estimate of drug-likeness (QED) is 0.679. The van der Waals surface area contributed by atoms with E-state index in [2.05, 4.69) is 59.2 Å². The van der Waals surface area contributed by atoms with Gasteiger partial charge in [-0.05, 0) is 23.3 Å². The average molecular weight is 357 g/mol. The van der Waals surface area contributed by atoms with Crippen molar-refractivity contribution >= 4 is 17.3 Å². The molecule has 4 nitrogen and oxygen atoms in total. The zero-order chi connectivity index (χ0) is 17.3. The van der Waals surface area contributed by atoms with Crippen LogP contribution in [-0.4, -0.2) is 44.5 Å². The first kappa shape index (κ1) is 17.9. The molecule has 132 valence electrons. The number of benzene rings is 2. The Morgan fingerprint density at radius 3 is 2.08 bits per heavy atom. The lowest BCUT2D eigenvalue weighted by Gasteiger charge is -2.25. The summed E-state index contributed by atoms with van der Waals surface area (Å²) in [6, 6.07) is 20.9. The smallest absolute Gasteiger partial charge is 0.167 e. The van der Waals surface area contributed by atoms with Crippen LogP contribution in [0, 0.1) is 0 Å². The molecule has 0 aromatic heterocycles. The van der Waals surface area contributed by atoms with Crippen molar-refractivity contribution in [1.82, 2.24) is 10.6 Å². The maximum Gasteiger partial charge on any atom is 0.167 e. The van der Waals surface area contributed by atoms with Crippen LogP contribution in [0.3, 0.4) is 0 Å². The molecule has 0 radical (unpaired) electrons. The maximum absolute atomic E-state index is 5.54. The van der Waals surface area contributed by atoms with Gasteiger partial charge in [0.1, 0.15) is 13.1 Å². The Morgan fingerprint density at radius 1 is 0.960 bits per heavy atom. The minimum absolute atomic E-state index is 0.0538. The third-order valence-electron chi connectivity index (χ3n) is 4.51. The molecule has 2 aromatic rings. The number of hydrogen-bond acceptors (Lipinski definition) is 2. The number of rotatable bonds is 6. The lowest BCUT2D eigenvalue weighted by atomic mass is 9.99. The van der Waals surface area contributed by atoms with Gasteiger partial charge in [0.25, 0.3) is 0 Å². The minimum Gasteiger partial charge on any atom is -0.370 e. The van der Waals surface area contributed by atoms with Gasteiger partial charge in [0, 0.05) is 0 Å². The third-order valence-corrected chi connectivity index (χ3v) is 4.77. The molecule has 5 heteroatoms. The molecule has 1 saturated heterocycles. The Kier molecular flexibility index (Phi) is 6.79. The van der Waals surface area contributed by atoms with Crippen molar-refractivity contribution in [2.24, 2.45) is 0 Å². The fraction of sp³-hybridized carbons (Fsp3) is 0.350. The highest BCUT2D eigenvalue weighted by molar-refractivity contribution is 7.80. The van der Waals surface area contributed by atoms with E-state index in [1.807, 2.05) is 12.1 Å². The molecule has 0 atom stereocenters. The predicted octanol–water partition coefficient (Wildman–Crippen LogP) is 1.16. The maximum atomic E-state index is 5.54. The van der Waals surface area contributed by atoms with Gasteiger partial charge in [0.05, 0.1) is 32.3 Å². The average Bonchev–Trinajstić information content (AvgIpc) is 2.68. The van der Waals surface area contributed by atoms with E-state index in [0.717, 1.165) is 39.4 Å². The summed E-state index contributed by atoms with van der Waals surface area (Å²) >= 11 is 5.54. The van der Waals surface area contributed by atoms with Gasteiger partial charge in [-0.1, -0.05) is 60.7 Å². The predicted molar refractivity (Wildman–Crippen MR) is 105 cm³/mol. The van der Waals surface area contributed by atoms with Crippen LogP contribution >= 0.6 is 12.2 Å². The molecule has 0 saturated carbocycles. The first-order chi connectivity index (χ1) is 12.3. The van der Waals surface area contributed by atoms with Gasteiger partial charge >= 0.3 is 0 Å². The highest BCUT2D eigenvalue weighted by atomic mass is 32.1. The molecule has 1 aliphatic heterocycles. The number of morpholine rings is 1. The molecule has 3 N–H and O–H groups in total. The first-order valence-electron chi connectivity index (χ1n) is 8.88. The van der Waals surface area contributed by atoms with Crippen molar-refractivity contribution in [3.8, 4) is 0 Å². The molecule has 0 bridgehead atoms. The molecule has 1 fully saturated rings. The van der Waals surface area contributed by atoms with Crippen LogP contribution in [0.2, 0.25) is 0 Å². The largest absolute Gasteiger partial charge is 0.370 e. The lowest BCUT2D eigenvalue weighted by molar-refractivity contribution is -0.906. The molecule has 0 unspecified atom stereocenters. The molecule has 1 heterocycles. The van der Waals surface area contributed by atoms with Crippen molar-refractivity contribution < 1.29 is 9.64 Å². The van der Waals surface area contributed by atoms with E-state index >= 15 is 0 Å². The molecule has 0 amide bonds. The number of quaternary nitrogens is 1. The Balaban J connectivity index is 1.57. The van der Waals surface area contributed by atoms with Gasteiger partial charge in [-0.15, -0.1) is 0 Å². The summed E-state index contributed by atoms with van der Waals surface area (Å²) in [4.78, 5) is 1.57. The van der Waals surface area contributed by atoms with Crippen LogP contribution in [0.1, 0.15) is 17.2 Å². The van der Waals surface area contributed by atoms with Crippen molar-refractivity contribution in [1.29, 1.82) is 0 Å². The lowest BCUT2D eigenvalue weighted by Crippen LogP contribution is -3.14. The highest BCUT2D eigenvalue weighted by Crippen LogP contribution is 2.21. The van der Waals surface area contributed by atoms with Crippen LogP contribution in [0.5, 0.6) is 0 Å². The van der Waals surface area contributed by atoms with Gasteiger partial charge in [-0.25, -0.2) is 0 Å². The summed E-state index contributed by atoms with van der Waals surface area (Å²) in [5.74, 6) is 0. The summed E-state index contributed by atoms with van der Waals surface area (Å²) in [7, 11) is 0. The number of thiocarbonyl (C=S) groups is 1. The topological polar surface area (TPSA) is 37.7 Å². The van der Waals surface area contributed by atoms with Crippen molar-refractivity contribution in [2.45, 2.75) is 6.04 Å². The molecule has 1 aliphatic rings. The van der Waals surface area contributed by atoms with Crippen molar-refractivity contribution in [3.05, 3.63) is 71.8 Å². The van der Waals surface area contributed by atoms with Gasteiger partial charge in [-0.3, -0.25) is 0 Å². The zero-order valence-electron chi connectivity index (χ0n) is 14.4. The zero-order valence-corrected chi connectivity index (χ0v) is 15.2. The second-order valence-electron chi connectivity index (χ2n) is 6.27. The Morgan fingerprint density at radius 2 is 1.52 bits per heavy atom. The van der Waals surface area contributed by atoms with Crippen LogP contribution in [0.15, 0.2) is 60.7 Å². The molecule has 3 rings (SSSR count). The van der Waals surface area contributed by atoms with Gasteiger partial charge in [0.15, 0.2) is 5.11 Å². The second kappa shape index (κ2) is 9.51. The highest BCUT2D eigenvalue weighted by Gasteiger charge is 2.16. The molecule has 2 aromatic carbocycles. The molecular weight excluding hydrogens is 330 g/mol. The first-order valence-corrected chi connectivity index (χ1v) is 9.29. The SMILES string of the molecule is S=C(NCC[NH+]1CCOCC1)NC(c1ccccc1)c1ccccc1. The van der Waals surface area contributed by atoms with E-state index < -0.39 is 0 Å². The van der Waals surface area contributed by atoms with Crippen LogP contribution in [0.4, 0.5) is 0 Å². The third kappa shape index (κ3) is 5.53. The molecule has 0 aliphatic carbocycles. The second-order valence-corrected chi connectivity index (χ2v) is 6.68. The van der Waals surface area contributed by atoms with Gasteiger partial charge < -0.3 is 20.3 Å². The van der Waals surface area contributed by atoms with E-state index in [1.54, 1.807) is 4.90 Å². The van der Waals surface area contributed by atoms with E-state index in [0.29, 0.717) is 5.11 Å². The number of ether oxygens (including phenoxy) is 1. The standard InChI is InChI=1S/C20H25N3OS/c25-20(21-11-12-23-13-15-24-16-14-23)22-19(17-7-3-1-4-8-17)18-9-5-2-6-10-18/h1-10,19H,11-16H2,(H2,21,22,25)/p+1. The fourth-order valence-corrected chi connectivity index (χ4v) is 3.32. The summed E-state index contributed by atoms with van der Waals surface area (Å²) in [6.45, 7) is 5.82. The summed E-state index contributed by atoms with van der Waals surface area (Å²) in [5, 5.41) is 7.53. The van der Waals surface area contributed by atoms with Crippen molar-refractivity contribution in [3.63, 3.8) is 0 Å². The monoisotopic (exact) mass is 356 g/mol. The van der Waals surface area contributed by atoms with E-state index in [1.165, 1.54) is 11.1 Å². The number of nitrogens with one attached hydrogen (secondary N) is 3. The normalized spacial score (nSPS) is 15.1. The van der Waals surface area contributed by atoms with E-state index in [4.69, 9.17) is 17.0 Å². The summed E-state index contributed by atoms with van der Waals surface area (Å²) < 4.78 is 5.40. The summed E-state index contributed by atoms with van der Waals surface area (Å²) in [6.07, 6.45) is 0.